The van der Waals surface area contributed by atoms with Gasteiger partial charge in [-0.1, -0.05) is 18.9 Å². The zero-order valence-corrected chi connectivity index (χ0v) is 17.4. The lowest BCUT2D eigenvalue weighted by Crippen LogP contribution is -2.26. The lowest BCUT2D eigenvalue weighted by atomic mass is 10.2. The molecule has 150 valence electrons. The number of hydrogen-bond donors (Lipinski definition) is 1. The molecule has 1 N–H and O–H groups in total. The van der Waals surface area contributed by atoms with E-state index in [0.717, 1.165) is 40.9 Å². The normalized spacial score (nSPS) is 14.4. The van der Waals surface area contributed by atoms with E-state index < -0.39 is 0 Å². The van der Waals surface area contributed by atoms with Gasteiger partial charge in [0.25, 0.3) is 5.91 Å². The third-order valence-electron chi connectivity index (χ3n) is 5.08. The van der Waals surface area contributed by atoms with Crippen LogP contribution in [0.15, 0.2) is 42.7 Å². The van der Waals surface area contributed by atoms with Gasteiger partial charge in [0.05, 0.1) is 11.4 Å². The van der Waals surface area contributed by atoms with E-state index in [2.05, 4.69) is 31.2 Å². The summed E-state index contributed by atoms with van der Waals surface area (Å²) >= 11 is 1.38. The summed E-state index contributed by atoms with van der Waals surface area (Å²) in [6, 6.07) is 9.74. The molecule has 4 heterocycles. The van der Waals surface area contributed by atoms with Crippen LogP contribution < -0.4 is 10.2 Å². The van der Waals surface area contributed by atoms with Gasteiger partial charge >= 0.3 is 0 Å². The van der Waals surface area contributed by atoms with Gasteiger partial charge in [0.15, 0.2) is 0 Å². The fourth-order valence-corrected chi connectivity index (χ4v) is 4.47. The molecule has 1 amide bonds. The zero-order chi connectivity index (χ0) is 20.1. The molecule has 29 heavy (non-hydrogen) atoms. The first-order valence-electron chi connectivity index (χ1n) is 10.1. The lowest BCUT2D eigenvalue weighted by molar-refractivity contribution is 0.0954. The number of hydrogen-bond acceptors (Lipinski definition) is 6. The van der Waals surface area contributed by atoms with E-state index in [-0.39, 0.29) is 5.91 Å². The number of anilines is 1. The highest BCUT2D eigenvalue weighted by molar-refractivity contribution is 7.17. The first kappa shape index (κ1) is 19.5. The molecule has 0 saturated carbocycles. The predicted molar refractivity (Wildman–Crippen MR) is 116 cm³/mol. The van der Waals surface area contributed by atoms with Gasteiger partial charge < -0.3 is 10.2 Å². The fraction of sp³-hybridized carbons (Fsp3) is 0.364. The van der Waals surface area contributed by atoms with E-state index in [4.69, 9.17) is 0 Å². The van der Waals surface area contributed by atoms with Crippen LogP contribution in [0.1, 0.15) is 46.6 Å². The second kappa shape index (κ2) is 9.13. The van der Waals surface area contributed by atoms with Crippen LogP contribution in [0.4, 0.5) is 5.82 Å². The van der Waals surface area contributed by atoms with Crippen LogP contribution in [0.5, 0.6) is 0 Å². The number of rotatable bonds is 5. The quantitative estimate of drug-likeness (QED) is 0.686. The topological polar surface area (TPSA) is 71.0 Å². The van der Waals surface area contributed by atoms with Crippen LogP contribution in [0.3, 0.4) is 0 Å². The summed E-state index contributed by atoms with van der Waals surface area (Å²) < 4.78 is 0. The number of carbonyl (C=O) groups excluding carboxylic acids is 1. The molecule has 0 unspecified atom stereocenters. The van der Waals surface area contributed by atoms with Crippen LogP contribution >= 0.6 is 11.3 Å². The van der Waals surface area contributed by atoms with Crippen molar-refractivity contribution in [2.45, 2.75) is 39.2 Å². The molecule has 6 nitrogen and oxygen atoms in total. The van der Waals surface area contributed by atoms with Crippen molar-refractivity contribution < 1.29 is 4.79 Å². The number of nitrogens with one attached hydrogen (secondary N) is 1. The van der Waals surface area contributed by atoms with Crippen molar-refractivity contribution >= 4 is 23.1 Å². The molecule has 1 saturated heterocycles. The number of amides is 1. The number of thiazole rings is 1. The molecular formula is C22H25N5OS. The van der Waals surface area contributed by atoms with Gasteiger partial charge in [-0.25, -0.2) is 9.97 Å². The molecule has 3 aromatic heterocycles. The zero-order valence-electron chi connectivity index (χ0n) is 16.6. The van der Waals surface area contributed by atoms with Crippen molar-refractivity contribution in [3.05, 3.63) is 58.9 Å². The molecule has 0 aliphatic carbocycles. The first-order valence-corrected chi connectivity index (χ1v) is 10.9. The van der Waals surface area contributed by atoms with Gasteiger partial charge in [-0.3, -0.25) is 9.78 Å². The molecule has 0 atom stereocenters. The largest absolute Gasteiger partial charge is 0.357 e. The Labute approximate surface area is 175 Å². The Morgan fingerprint density at radius 2 is 1.93 bits per heavy atom. The minimum atomic E-state index is -0.102. The van der Waals surface area contributed by atoms with Crippen molar-refractivity contribution in [3.8, 4) is 10.7 Å². The highest BCUT2D eigenvalue weighted by Gasteiger charge is 2.17. The fourth-order valence-electron chi connectivity index (χ4n) is 3.51. The van der Waals surface area contributed by atoms with Crippen molar-refractivity contribution in [1.29, 1.82) is 0 Å². The third-order valence-corrected chi connectivity index (χ3v) is 6.26. The second-order valence-corrected chi connectivity index (χ2v) is 8.25. The van der Waals surface area contributed by atoms with Crippen LogP contribution in [0.25, 0.3) is 10.7 Å². The minimum absolute atomic E-state index is 0.102. The highest BCUT2D eigenvalue weighted by Crippen LogP contribution is 2.26. The molecule has 0 radical (unpaired) electrons. The van der Waals surface area contributed by atoms with Crippen LogP contribution in [-0.4, -0.2) is 33.9 Å². The highest BCUT2D eigenvalue weighted by atomic mass is 32.1. The van der Waals surface area contributed by atoms with E-state index in [1.165, 1.54) is 37.0 Å². The van der Waals surface area contributed by atoms with Crippen LogP contribution in [0, 0.1) is 6.92 Å². The van der Waals surface area contributed by atoms with Crippen molar-refractivity contribution in [1.82, 2.24) is 20.3 Å². The van der Waals surface area contributed by atoms with Gasteiger partial charge in [0.1, 0.15) is 15.7 Å². The molecule has 0 aromatic carbocycles. The number of aromatic nitrogens is 3. The molecule has 1 aliphatic heterocycles. The van der Waals surface area contributed by atoms with E-state index in [1.807, 2.05) is 37.4 Å². The molecule has 7 heteroatoms. The monoisotopic (exact) mass is 407 g/mol. The van der Waals surface area contributed by atoms with Crippen LogP contribution in [0.2, 0.25) is 0 Å². The minimum Gasteiger partial charge on any atom is -0.357 e. The standard InChI is InChI=1S/C22H25N5OS/c1-16-20(29-22(26-16)18-8-4-5-10-23-18)21(28)25-15-17-9-11-24-19(14-17)27-12-6-2-3-7-13-27/h4-5,8-11,14H,2-3,6-7,12-13,15H2,1H3,(H,25,28). The van der Waals surface area contributed by atoms with E-state index in [1.54, 1.807) is 6.20 Å². The van der Waals surface area contributed by atoms with E-state index in [0.29, 0.717) is 11.4 Å². The lowest BCUT2D eigenvalue weighted by Gasteiger charge is -2.21. The number of carbonyl (C=O) groups is 1. The third kappa shape index (κ3) is 4.79. The van der Waals surface area contributed by atoms with Gasteiger partial charge in [-0.05, 0) is 49.6 Å². The number of pyridine rings is 2. The summed E-state index contributed by atoms with van der Waals surface area (Å²) in [5.74, 6) is 0.903. The maximum Gasteiger partial charge on any atom is 0.263 e. The summed E-state index contributed by atoms with van der Waals surface area (Å²) in [6.45, 7) is 4.44. The average molecular weight is 408 g/mol. The molecule has 1 aliphatic rings. The van der Waals surface area contributed by atoms with Gasteiger partial charge in [0.2, 0.25) is 0 Å². The summed E-state index contributed by atoms with van der Waals surface area (Å²) in [5.41, 5.74) is 2.57. The smallest absolute Gasteiger partial charge is 0.263 e. The summed E-state index contributed by atoms with van der Waals surface area (Å²) in [5, 5.41) is 3.79. The molecular weight excluding hydrogens is 382 g/mol. The van der Waals surface area contributed by atoms with Gasteiger partial charge in [0, 0.05) is 32.0 Å². The van der Waals surface area contributed by atoms with Crippen molar-refractivity contribution in [3.63, 3.8) is 0 Å². The Balaban J connectivity index is 1.42. The molecule has 0 bridgehead atoms. The second-order valence-electron chi connectivity index (χ2n) is 7.25. The first-order chi connectivity index (χ1) is 14.2. The Morgan fingerprint density at radius 3 is 2.69 bits per heavy atom. The Bertz CT molecular complexity index is 964. The molecule has 3 aromatic rings. The molecule has 0 spiro atoms. The van der Waals surface area contributed by atoms with Crippen LogP contribution in [-0.2, 0) is 6.54 Å². The van der Waals surface area contributed by atoms with Gasteiger partial charge in [-0.2, -0.15) is 0 Å². The number of nitrogens with zero attached hydrogens (tertiary/aromatic N) is 4. The summed E-state index contributed by atoms with van der Waals surface area (Å²) in [7, 11) is 0. The number of aryl methyl sites for hydroxylation is 1. The Kier molecular flexibility index (Phi) is 6.14. The Morgan fingerprint density at radius 1 is 1.10 bits per heavy atom. The maximum atomic E-state index is 12.7. The van der Waals surface area contributed by atoms with Crippen molar-refractivity contribution in [2.75, 3.05) is 18.0 Å². The predicted octanol–water partition coefficient (Wildman–Crippen LogP) is 4.22. The van der Waals surface area contributed by atoms with E-state index in [9.17, 15) is 4.79 Å². The van der Waals surface area contributed by atoms with Gasteiger partial charge in [-0.15, -0.1) is 11.3 Å². The SMILES string of the molecule is Cc1nc(-c2ccccn2)sc1C(=O)NCc1ccnc(N2CCCCCC2)c1. The Hall–Kier alpha value is -2.80. The summed E-state index contributed by atoms with van der Waals surface area (Å²) in [6.07, 6.45) is 8.58. The molecule has 4 rings (SSSR count). The maximum absolute atomic E-state index is 12.7. The van der Waals surface area contributed by atoms with E-state index >= 15 is 0 Å². The molecule has 1 fully saturated rings. The summed E-state index contributed by atoms with van der Waals surface area (Å²) in [4.78, 5) is 29.1. The van der Waals surface area contributed by atoms with Crippen molar-refractivity contribution in [2.24, 2.45) is 0 Å². The average Bonchev–Trinajstić information content (AvgIpc) is 2.96.